The molecule has 0 spiro atoms. The number of hydrogen-bond acceptors (Lipinski definition) is 5. The predicted molar refractivity (Wildman–Crippen MR) is 105 cm³/mol. The van der Waals surface area contributed by atoms with E-state index in [0.717, 1.165) is 12.8 Å². The van der Waals surface area contributed by atoms with Gasteiger partial charge in [0.2, 0.25) is 11.8 Å². The first-order valence-corrected chi connectivity index (χ1v) is 10.4. The molecule has 0 radical (unpaired) electrons. The number of carbonyl (C=O) groups excluding carboxylic acids is 3. The molecule has 158 valence electrons. The van der Waals surface area contributed by atoms with Crippen molar-refractivity contribution in [1.82, 2.24) is 10.2 Å². The van der Waals surface area contributed by atoms with Crippen LogP contribution in [0.2, 0.25) is 0 Å². The van der Waals surface area contributed by atoms with Crippen molar-refractivity contribution in [2.24, 2.45) is 23.7 Å². The fraction of sp³-hybridized carbons (Fsp3) is 0.762. The van der Waals surface area contributed by atoms with Crippen molar-refractivity contribution in [2.45, 2.75) is 59.0 Å². The van der Waals surface area contributed by atoms with Crippen LogP contribution in [-0.2, 0) is 19.1 Å². The van der Waals surface area contributed by atoms with Crippen molar-refractivity contribution >= 4 is 17.8 Å². The third-order valence-electron chi connectivity index (χ3n) is 5.55. The molecule has 7 heteroatoms. The van der Waals surface area contributed by atoms with Crippen LogP contribution in [-0.4, -0.2) is 59.6 Å². The minimum Gasteiger partial charge on any atom is -0.466 e. The summed E-state index contributed by atoms with van der Waals surface area (Å²) < 4.78 is 5.31. The number of nitrogens with one attached hydrogen (secondary N) is 1. The molecule has 2 amide bonds. The fourth-order valence-corrected chi connectivity index (χ4v) is 4.52. The number of ether oxygens (including phenoxy) is 1. The summed E-state index contributed by atoms with van der Waals surface area (Å²) in [5, 5.41) is 12.1. The number of fused-ring (bicyclic) bond motifs is 1. The summed E-state index contributed by atoms with van der Waals surface area (Å²) in [5.74, 6) is -2.37. The number of allylic oxidation sites excluding steroid dienone is 1. The number of nitrogens with zero attached hydrogens (tertiary/aromatic N) is 1. The number of likely N-dealkylation sites (tertiary alicyclic amines) is 1. The smallest absolute Gasteiger partial charge is 0.310 e. The quantitative estimate of drug-likeness (QED) is 0.456. The molecule has 0 aromatic rings. The number of esters is 1. The molecule has 1 fully saturated rings. The van der Waals surface area contributed by atoms with Crippen molar-refractivity contribution in [3.05, 3.63) is 12.2 Å². The summed E-state index contributed by atoms with van der Waals surface area (Å²) in [5.41, 5.74) is 0. The predicted octanol–water partition coefficient (Wildman–Crippen LogP) is 1.50. The minimum atomic E-state index is -0.665. The Labute approximate surface area is 167 Å². The Morgan fingerprint density at radius 2 is 2.00 bits per heavy atom. The van der Waals surface area contributed by atoms with Gasteiger partial charge in [-0.15, -0.1) is 0 Å². The van der Waals surface area contributed by atoms with E-state index in [1.807, 2.05) is 32.9 Å². The van der Waals surface area contributed by atoms with E-state index < -0.39 is 17.9 Å². The molecule has 2 rings (SSSR count). The Kier molecular flexibility index (Phi) is 8.04. The van der Waals surface area contributed by atoms with E-state index in [1.54, 1.807) is 11.8 Å². The highest BCUT2D eigenvalue weighted by Crippen LogP contribution is 2.45. The normalized spacial score (nSPS) is 29.1. The number of hydrogen-bond donors (Lipinski definition) is 2. The van der Waals surface area contributed by atoms with Gasteiger partial charge in [-0.1, -0.05) is 25.5 Å². The van der Waals surface area contributed by atoms with E-state index >= 15 is 0 Å². The van der Waals surface area contributed by atoms with Crippen LogP contribution in [0.5, 0.6) is 0 Å². The molecule has 0 saturated carbocycles. The van der Waals surface area contributed by atoms with Crippen molar-refractivity contribution < 1.29 is 24.2 Å². The third kappa shape index (κ3) is 4.57. The largest absolute Gasteiger partial charge is 0.466 e. The monoisotopic (exact) mass is 394 g/mol. The van der Waals surface area contributed by atoms with Gasteiger partial charge in [0.05, 0.1) is 18.4 Å². The van der Waals surface area contributed by atoms with Crippen LogP contribution in [0.3, 0.4) is 0 Å². The van der Waals surface area contributed by atoms with Crippen LogP contribution in [0.25, 0.3) is 0 Å². The van der Waals surface area contributed by atoms with E-state index in [0.29, 0.717) is 13.0 Å². The summed E-state index contributed by atoms with van der Waals surface area (Å²) in [4.78, 5) is 40.6. The molecule has 0 aromatic heterocycles. The molecule has 2 N–H and O–H groups in total. The van der Waals surface area contributed by atoms with Crippen molar-refractivity contribution in [3.8, 4) is 0 Å². The molecule has 1 saturated heterocycles. The van der Waals surface area contributed by atoms with E-state index in [9.17, 15) is 19.5 Å². The second kappa shape index (κ2) is 10.0. The van der Waals surface area contributed by atoms with Gasteiger partial charge in [-0.3, -0.25) is 14.4 Å². The lowest BCUT2D eigenvalue weighted by Crippen LogP contribution is -2.49. The fourth-order valence-electron chi connectivity index (χ4n) is 4.52. The molecule has 1 aliphatic carbocycles. The summed E-state index contributed by atoms with van der Waals surface area (Å²) in [6.45, 7) is 8.04. The molecule has 7 nitrogen and oxygen atoms in total. The van der Waals surface area contributed by atoms with Gasteiger partial charge in [0, 0.05) is 25.1 Å². The van der Waals surface area contributed by atoms with Crippen LogP contribution in [0.15, 0.2) is 12.2 Å². The number of rotatable bonds is 9. The maximum atomic E-state index is 13.3. The van der Waals surface area contributed by atoms with E-state index in [1.165, 1.54) is 0 Å². The molecular weight excluding hydrogens is 360 g/mol. The van der Waals surface area contributed by atoms with Crippen LogP contribution in [0, 0.1) is 23.7 Å². The maximum absolute atomic E-state index is 13.3. The minimum absolute atomic E-state index is 0.0531. The number of aliphatic hydroxyl groups excluding tert-OH is 1. The van der Waals surface area contributed by atoms with Crippen LogP contribution >= 0.6 is 0 Å². The summed E-state index contributed by atoms with van der Waals surface area (Å²) >= 11 is 0. The van der Waals surface area contributed by atoms with Gasteiger partial charge < -0.3 is 20.1 Å². The Bertz CT molecular complexity index is 604. The van der Waals surface area contributed by atoms with Crippen LogP contribution in [0.1, 0.15) is 47.0 Å². The SMILES string of the molecule is CCC[C@@H]1C=C[C@H]2[C@H](C(=O)N(CCCO)[C@@H]2C(=O)NC(C)C)[C@@H]1C(=O)OCC. The third-order valence-corrected chi connectivity index (χ3v) is 5.55. The van der Waals surface area contributed by atoms with Gasteiger partial charge in [-0.05, 0) is 39.5 Å². The van der Waals surface area contributed by atoms with Gasteiger partial charge in [0.25, 0.3) is 0 Å². The average molecular weight is 395 g/mol. The Balaban J connectivity index is 2.42. The number of amides is 2. The highest BCUT2D eigenvalue weighted by Gasteiger charge is 2.57. The zero-order valence-electron chi connectivity index (χ0n) is 17.4. The molecule has 1 aliphatic heterocycles. The average Bonchev–Trinajstić information content (AvgIpc) is 2.92. The Morgan fingerprint density at radius 3 is 2.57 bits per heavy atom. The van der Waals surface area contributed by atoms with E-state index in [2.05, 4.69) is 5.32 Å². The number of aliphatic hydroxyl groups is 1. The molecule has 5 atom stereocenters. The topological polar surface area (TPSA) is 95.9 Å². The first-order chi connectivity index (χ1) is 13.4. The highest BCUT2D eigenvalue weighted by atomic mass is 16.5. The standard InChI is InChI=1S/C21H34N2O5/c1-5-8-14-9-10-15-17(16(14)21(27)28-6-2)20(26)23(11-7-12-24)18(15)19(25)22-13(3)4/h9-10,13-18,24H,5-8,11-12H2,1-4H3,(H,22,25)/t14-,15+,16-,17+,18+/m1/s1. The molecular formula is C21H34N2O5. The van der Waals surface area contributed by atoms with Crippen LogP contribution < -0.4 is 5.32 Å². The van der Waals surface area contributed by atoms with E-state index in [-0.39, 0.29) is 48.9 Å². The second-order valence-corrected chi connectivity index (χ2v) is 7.94. The first kappa shape index (κ1) is 22.4. The van der Waals surface area contributed by atoms with Gasteiger partial charge >= 0.3 is 5.97 Å². The van der Waals surface area contributed by atoms with E-state index in [4.69, 9.17) is 4.74 Å². The molecule has 0 unspecified atom stereocenters. The number of carbonyl (C=O) groups is 3. The molecule has 0 aromatic carbocycles. The Hall–Kier alpha value is -1.89. The first-order valence-electron chi connectivity index (χ1n) is 10.4. The Morgan fingerprint density at radius 1 is 1.29 bits per heavy atom. The van der Waals surface area contributed by atoms with Crippen molar-refractivity contribution in [1.29, 1.82) is 0 Å². The summed E-state index contributed by atoms with van der Waals surface area (Å²) in [6, 6.07) is -0.718. The molecule has 1 heterocycles. The lowest BCUT2D eigenvalue weighted by molar-refractivity contribution is -0.155. The van der Waals surface area contributed by atoms with Gasteiger partial charge in [0.1, 0.15) is 6.04 Å². The maximum Gasteiger partial charge on any atom is 0.310 e. The summed E-state index contributed by atoms with van der Waals surface area (Å²) in [7, 11) is 0. The molecule has 2 aliphatic rings. The van der Waals surface area contributed by atoms with Crippen molar-refractivity contribution in [3.63, 3.8) is 0 Å². The van der Waals surface area contributed by atoms with Gasteiger partial charge in [-0.2, -0.15) is 0 Å². The van der Waals surface area contributed by atoms with Crippen molar-refractivity contribution in [2.75, 3.05) is 19.8 Å². The van der Waals surface area contributed by atoms with Crippen LogP contribution in [0.4, 0.5) is 0 Å². The van der Waals surface area contributed by atoms with Gasteiger partial charge in [-0.25, -0.2) is 0 Å². The summed E-state index contributed by atoms with van der Waals surface area (Å²) in [6.07, 6.45) is 6.01. The lowest BCUT2D eigenvalue weighted by Gasteiger charge is -2.34. The zero-order valence-corrected chi connectivity index (χ0v) is 17.4. The highest BCUT2D eigenvalue weighted by molar-refractivity contribution is 5.96. The second-order valence-electron chi connectivity index (χ2n) is 7.94. The molecule has 0 bridgehead atoms. The zero-order chi connectivity index (χ0) is 20.8. The lowest BCUT2D eigenvalue weighted by atomic mass is 9.69. The van der Waals surface area contributed by atoms with Gasteiger partial charge in [0.15, 0.2) is 0 Å². The molecule has 28 heavy (non-hydrogen) atoms.